The molecular formula is C20H25N3O3S2. The number of rotatable bonds is 7. The van der Waals surface area contributed by atoms with Crippen LogP contribution >= 0.6 is 11.3 Å². The van der Waals surface area contributed by atoms with Crippen LogP contribution < -0.4 is 10.0 Å². The van der Waals surface area contributed by atoms with E-state index < -0.39 is 10.0 Å². The van der Waals surface area contributed by atoms with Gasteiger partial charge in [-0.2, -0.15) is 0 Å². The second-order valence-corrected chi connectivity index (χ2v) is 10.5. The summed E-state index contributed by atoms with van der Waals surface area (Å²) in [5.74, 6) is 0.809. The standard InChI is InChI=1S/C20H25N3O3S2/c1-2-13-8-9-17-18(10-13)27-20(22-17)23-19(24)15-4-3-5-16(11-15)28(25,26)21-12-14-6-7-14/h3-5,11,13-14,21H,2,6-10,12H2,1H3,(H,22,23,24). The maximum absolute atomic E-state index is 12.6. The molecular weight excluding hydrogens is 394 g/mol. The summed E-state index contributed by atoms with van der Waals surface area (Å²) < 4.78 is 27.5. The smallest absolute Gasteiger partial charge is 0.257 e. The summed E-state index contributed by atoms with van der Waals surface area (Å²) in [5, 5.41) is 3.43. The molecule has 0 bridgehead atoms. The molecule has 6 nitrogen and oxygen atoms in total. The summed E-state index contributed by atoms with van der Waals surface area (Å²) in [6.45, 7) is 2.67. The van der Waals surface area contributed by atoms with Crippen molar-refractivity contribution in [2.75, 3.05) is 11.9 Å². The Morgan fingerprint density at radius 1 is 1.25 bits per heavy atom. The van der Waals surface area contributed by atoms with Crippen LogP contribution in [0.25, 0.3) is 0 Å². The molecule has 0 spiro atoms. The summed E-state index contributed by atoms with van der Waals surface area (Å²) in [5.41, 5.74) is 1.40. The fourth-order valence-electron chi connectivity index (χ4n) is 3.45. The number of aryl methyl sites for hydroxylation is 1. The molecule has 8 heteroatoms. The SMILES string of the molecule is CCC1CCc2nc(NC(=O)c3cccc(S(=O)(=O)NCC4CC4)c3)sc2C1. The van der Waals surface area contributed by atoms with Gasteiger partial charge >= 0.3 is 0 Å². The van der Waals surface area contributed by atoms with Gasteiger partial charge in [0.2, 0.25) is 10.0 Å². The molecule has 1 heterocycles. The van der Waals surface area contributed by atoms with Crippen LogP contribution in [0.15, 0.2) is 29.2 Å². The molecule has 1 saturated carbocycles. The third-order valence-corrected chi connectivity index (χ3v) is 7.96. The quantitative estimate of drug-likeness (QED) is 0.718. The van der Waals surface area contributed by atoms with E-state index in [1.54, 1.807) is 12.1 Å². The first-order valence-corrected chi connectivity index (χ1v) is 12.1. The minimum atomic E-state index is -3.60. The van der Waals surface area contributed by atoms with Crippen molar-refractivity contribution in [3.63, 3.8) is 0 Å². The zero-order valence-electron chi connectivity index (χ0n) is 15.9. The van der Waals surface area contributed by atoms with Gasteiger partial charge in [0, 0.05) is 17.0 Å². The Balaban J connectivity index is 1.46. The zero-order chi connectivity index (χ0) is 19.7. The van der Waals surface area contributed by atoms with Crippen molar-refractivity contribution < 1.29 is 13.2 Å². The zero-order valence-corrected chi connectivity index (χ0v) is 17.5. The molecule has 1 aromatic heterocycles. The number of fused-ring (bicyclic) bond motifs is 1. The van der Waals surface area contributed by atoms with Crippen molar-refractivity contribution in [1.29, 1.82) is 0 Å². The lowest BCUT2D eigenvalue weighted by Gasteiger charge is -2.18. The monoisotopic (exact) mass is 419 g/mol. The van der Waals surface area contributed by atoms with Crippen molar-refractivity contribution in [2.45, 2.75) is 50.3 Å². The predicted molar refractivity (Wildman–Crippen MR) is 110 cm³/mol. The molecule has 1 atom stereocenters. The Bertz CT molecular complexity index is 980. The van der Waals surface area contributed by atoms with Crippen LogP contribution in [0.5, 0.6) is 0 Å². The van der Waals surface area contributed by atoms with E-state index in [9.17, 15) is 13.2 Å². The van der Waals surface area contributed by atoms with Gasteiger partial charge in [-0.3, -0.25) is 10.1 Å². The van der Waals surface area contributed by atoms with Gasteiger partial charge in [0.25, 0.3) is 5.91 Å². The molecule has 0 aliphatic heterocycles. The Morgan fingerprint density at radius 2 is 2.07 bits per heavy atom. The fourth-order valence-corrected chi connectivity index (χ4v) is 5.73. The number of thiazole rings is 1. The van der Waals surface area contributed by atoms with Crippen LogP contribution in [-0.2, 0) is 22.9 Å². The molecule has 1 fully saturated rings. The number of hydrogen-bond acceptors (Lipinski definition) is 5. The molecule has 28 heavy (non-hydrogen) atoms. The normalized spacial score (nSPS) is 19.2. The van der Waals surface area contributed by atoms with E-state index in [4.69, 9.17) is 0 Å². The van der Waals surface area contributed by atoms with Crippen LogP contribution in [0.2, 0.25) is 0 Å². The average molecular weight is 420 g/mol. The van der Waals surface area contributed by atoms with Crippen LogP contribution in [0.3, 0.4) is 0 Å². The lowest BCUT2D eigenvalue weighted by Crippen LogP contribution is -2.26. The maximum Gasteiger partial charge on any atom is 0.257 e. The lowest BCUT2D eigenvalue weighted by atomic mass is 9.89. The number of anilines is 1. The summed E-state index contributed by atoms with van der Waals surface area (Å²) in [4.78, 5) is 18.6. The molecule has 2 N–H and O–H groups in total. The molecule has 2 aliphatic rings. The Hall–Kier alpha value is -1.77. The van der Waals surface area contributed by atoms with Gasteiger partial charge in [0.1, 0.15) is 0 Å². The molecule has 2 aliphatic carbocycles. The van der Waals surface area contributed by atoms with Crippen LogP contribution in [0.4, 0.5) is 5.13 Å². The third kappa shape index (κ3) is 4.45. The minimum absolute atomic E-state index is 0.116. The van der Waals surface area contributed by atoms with Gasteiger partial charge in [-0.15, -0.1) is 11.3 Å². The minimum Gasteiger partial charge on any atom is -0.298 e. The number of nitrogens with zero attached hydrogens (tertiary/aromatic N) is 1. The summed E-state index contributed by atoms with van der Waals surface area (Å²) in [6.07, 6.45) is 6.44. The van der Waals surface area contributed by atoms with Gasteiger partial charge in [0.15, 0.2) is 5.13 Å². The van der Waals surface area contributed by atoms with Crippen molar-refractivity contribution >= 4 is 32.4 Å². The number of benzene rings is 1. The van der Waals surface area contributed by atoms with E-state index in [0.717, 1.165) is 44.2 Å². The van der Waals surface area contributed by atoms with E-state index in [1.165, 1.54) is 28.3 Å². The third-order valence-electron chi connectivity index (χ3n) is 5.50. The second kappa shape index (κ2) is 7.93. The summed E-state index contributed by atoms with van der Waals surface area (Å²) in [7, 11) is -3.60. The largest absolute Gasteiger partial charge is 0.298 e. The fraction of sp³-hybridized carbons (Fsp3) is 0.500. The van der Waals surface area contributed by atoms with E-state index in [1.807, 2.05) is 0 Å². The number of hydrogen-bond donors (Lipinski definition) is 2. The lowest BCUT2D eigenvalue weighted by molar-refractivity contribution is 0.102. The average Bonchev–Trinajstić information content (AvgIpc) is 3.44. The number of nitrogens with one attached hydrogen (secondary N) is 2. The molecule has 2 aromatic rings. The van der Waals surface area contributed by atoms with E-state index >= 15 is 0 Å². The maximum atomic E-state index is 12.6. The molecule has 150 valence electrons. The molecule has 0 saturated heterocycles. The van der Waals surface area contributed by atoms with E-state index in [-0.39, 0.29) is 10.8 Å². The highest BCUT2D eigenvalue weighted by Crippen LogP contribution is 2.33. The van der Waals surface area contributed by atoms with Gasteiger partial charge in [0.05, 0.1) is 10.6 Å². The van der Waals surface area contributed by atoms with Crippen LogP contribution in [0.1, 0.15) is 53.5 Å². The van der Waals surface area contributed by atoms with Crippen molar-refractivity contribution in [2.24, 2.45) is 11.8 Å². The summed E-state index contributed by atoms with van der Waals surface area (Å²) in [6, 6.07) is 6.15. The van der Waals surface area contributed by atoms with E-state index in [0.29, 0.717) is 29.1 Å². The second-order valence-electron chi connectivity index (χ2n) is 7.68. The Kier molecular flexibility index (Phi) is 5.53. The molecule has 1 amide bonds. The number of sulfonamides is 1. The van der Waals surface area contributed by atoms with Crippen molar-refractivity contribution in [1.82, 2.24) is 9.71 Å². The Morgan fingerprint density at radius 3 is 2.82 bits per heavy atom. The molecule has 4 rings (SSSR count). The molecule has 1 aromatic carbocycles. The van der Waals surface area contributed by atoms with Gasteiger partial charge in [-0.05, 0) is 62.1 Å². The summed E-state index contributed by atoms with van der Waals surface area (Å²) >= 11 is 1.53. The van der Waals surface area contributed by atoms with E-state index in [2.05, 4.69) is 21.9 Å². The first kappa shape index (κ1) is 19.5. The first-order chi connectivity index (χ1) is 13.4. The van der Waals surface area contributed by atoms with Crippen molar-refractivity contribution in [3.8, 4) is 0 Å². The molecule has 0 radical (unpaired) electrons. The highest BCUT2D eigenvalue weighted by molar-refractivity contribution is 7.89. The molecule has 1 unspecified atom stereocenters. The van der Waals surface area contributed by atoms with Crippen LogP contribution in [-0.4, -0.2) is 25.9 Å². The van der Waals surface area contributed by atoms with Crippen molar-refractivity contribution in [3.05, 3.63) is 40.4 Å². The number of carbonyl (C=O) groups excluding carboxylic acids is 1. The highest BCUT2D eigenvalue weighted by Gasteiger charge is 2.25. The predicted octanol–water partition coefficient (Wildman–Crippen LogP) is 3.60. The van der Waals surface area contributed by atoms with Gasteiger partial charge in [-0.1, -0.05) is 19.4 Å². The van der Waals surface area contributed by atoms with Crippen LogP contribution in [0, 0.1) is 11.8 Å². The number of amides is 1. The first-order valence-electron chi connectivity index (χ1n) is 9.84. The highest BCUT2D eigenvalue weighted by atomic mass is 32.2. The van der Waals surface area contributed by atoms with Gasteiger partial charge < -0.3 is 0 Å². The number of carbonyl (C=O) groups is 1. The Labute approximate surface area is 169 Å². The number of aromatic nitrogens is 1. The van der Waals surface area contributed by atoms with Gasteiger partial charge in [-0.25, -0.2) is 18.1 Å². The topological polar surface area (TPSA) is 88.2 Å².